The van der Waals surface area contributed by atoms with Crippen LogP contribution in [0.4, 0.5) is 4.39 Å². The predicted octanol–water partition coefficient (Wildman–Crippen LogP) is 6.21. The molecule has 0 fully saturated rings. The van der Waals surface area contributed by atoms with Gasteiger partial charge in [0.05, 0.1) is 5.57 Å². The van der Waals surface area contributed by atoms with Gasteiger partial charge in [0.15, 0.2) is 5.84 Å². The van der Waals surface area contributed by atoms with Crippen LogP contribution in [0.5, 0.6) is 0 Å². The number of nitrogens with one attached hydrogen (secondary N) is 1. The first-order chi connectivity index (χ1) is 15.9. The van der Waals surface area contributed by atoms with E-state index in [0.717, 1.165) is 46.9 Å². The topological polar surface area (TPSA) is 73.8 Å². The number of amidine groups is 2. The highest BCUT2D eigenvalue weighted by Crippen LogP contribution is 2.31. The number of carbonyl (C=O) groups excluding carboxylic acids is 1. The van der Waals surface area contributed by atoms with Gasteiger partial charge in [-0.3, -0.25) is 10.2 Å². The molecule has 2 aliphatic rings. The fourth-order valence-electron chi connectivity index (χ4n) is 4.09. The number of unbranched alkanes of at least 4 members (excludes halogenated alkanes) is 4. The maximum atomic E-state index is 13.3. The van der Waals surface area contributed by atoms with Crippen LogP contribution in [-0.4, -0.2) is 31.5 Å². The Morgan fingerprint density at radius 3 is 2.58 bits per heavy atom. The lowest BCUT2D eigenvalue weighted by molar-refractivity contribution is -0.114. The Balaban J connectivity index is 1.55. The Kier molecular flexibility index (Phi) is 6.93. The molecule has 33 heavy (non-hydrogen) atoms. The second-order valence-corrected chi connectivity index (χ2v) is 9.36. The molecule has 0 bridgehead atoms. The lowest BCUT2D eigenvalue weighted by Gasteiger charge is -2.20. The monoisotopic (exact) mass is 465 g/mol. The van der Waals surface area contributed by atoms with Crippen LogP contribution in [0.1, 0.15) is 62.4 Å². The normalized spacial score (nSPS) is 17.0. The number of rotatable bonds is 8. The second-order valence-electron chi connectivity index (χ2n) is 8.32. The Morgan fingerprint density at radius 1 is 1.12 bits per heavy atom. The average Bonchev–Trinajstić information content (AvgIpc) is 3.31. The van der Waals surface area contributed by atoms with Gasteiger partial charge in [-0.15, -0.1) is 0 Å². The number of benzene rings is 1. The largest absolute Gasteiger partial charge is 0.318 e. The number of nitrogens with zero attached hydrogens (tertiary/aromatic N) is 4. The van der Waals surface area contributed by atoms with Gasteiger partial charge in [-0.25, -0.2) is 4.39 Å². The molecular formula is C25H28FN5OS. The average molecular weight is 466 g/mol. The van der Waals surface area contributed by atoms with Crippen molar-refractivity contribution >= 4 is 39.8 Å². The maximum absolute atomic E-state index is 13.3. The molecule has 3 heterocycles. The highest BCUT2D eigenvalue weighted by molar-refractivity contribution is 8.26. The van der Waals surface area contributed by atoms with Crippen LogP contribution in [-0.2, 0) is 4.79 Å². The van der Waals surface area contributed by atoms with Crippen LogP contribution < -0.4 is 0 Å². The molecule has 0 radical (unpaired) electrons. The minimum Gasteiger partial charge on any atom is -0.318 e. The van der Waals surface area contributed by atoms with Gasteiger partial charge in [0, 0.05) is 17.1 Å². The molecule has 4 rings (SSSR count). The molecule has 8 heteroatoms. The summed E-state index contributed by atoms with van der Waals surface area (Å²) in [5, 5.41) is 16.0. The maximum Gasteiger partial charge on any atom is 0.283 e. The van der Waals surface area contributed by atoms with Crippen molar-refractivity contribution in [2.45, 2.75) is 59.3 Å². The second kappa shape index (κ2) is 9.87. The number of halogens is 1. The molecule has 0 aliphatic carbocycles. The van der Waals surface area contributed by atoms with Crippen LogP contribution in [0.3, 0.4) is 0 Å². The van der Waals surface area contributed by atoms with E-state index in [2.05, 4.69) is 17.0 Å². The van der Waals surface area contributed by atoms with Crippen LogP contribution in [0, 0.1) is 25.1 Å². The van der Waals surface area contributed by atoms with E-state index in [1.807, 2.05) is 24.5 Å². The summed E-state index contributed by atoms with van der Waals surface area (Å²) in [6.07, 6.45) is 8.42. The van der Waals surface area contributed by atoms with Crippen molar-refractivity contribution in [2.75, 3.05) is 0 Å². The van der Waals surface area contributed by atoms with E-state index < -0.39 is 5.91 Å². The van der Waals surface area contributed by atoms with Crippen molar-refractivity contribution in [1.82, 2.24) is 9.58 Å². The zero-order chi connectivity index (χ0) is 23.5. The molecule has 1 aromatic heterocycles. The number of aliphatic imine (C=N–C) groups is 1. The number of thioether (sulfide) groups is 1. The van der Waals surface area contributed by atoms with Gasteiger partial charge in [-0.2, -0.15) is 15.1 Å². The van der Waals surface area contributed by atoms with Crippen LogP contribution in [0.25, 0.3) is 11.8 Å². The Morgan fingerprint density at radius 2 is 1.85 bits per heavy atom. The highest BCUT2D eigenvalue weighted by Gasteiger charge is 2.35. The summed E-state index contributed by atoms with van der Waals surface area (Å²) < 4.78 is 15.3. The molecule has 6 nitrogen and oxygen atoms in total. The predicted molar refractivity (Wildman–Crippen MR) is 134 cm³/mol. The number of hydrogen-bond acceptors (Lipinski definition) is 4. The van der Waals surface area contributed by atoms with Crippen molar-refractivity contribution in [3.63, 3.8) is 0 Å². The first-order valence-electron chi connectivity index (χ1n) is 11.3. The van der Waals surface area contributed by atoms with E-state index in [1.54, 1.807) is 18.2 Å². The number of hydrogen-bond donors (Lipinski definition) is 1. The summed E-state index contributed by atoms with van der Waals surface area (Å²) in [6.45, 7) is 6.09. The van der Waals surface area contributed by atoms with Gasteiger partial charge < -0.3 is 4.57 Å². The van der Waals surface area contributed by atoms with Crippen molar-refractivity contribution in [3.05, 3.63) is 58.7 Å². The lowest BCUT2D eigenvalue weighted by Crippen LogP contribution is -2.35. The zero-order valence-corrected chi connectivity index (χ0v) is 20.0. The van der Waals surface area contributed by atoms with Gasteiger partial charge in [0.2, 0.25) is 5.17 Å². The van der Waals surface area contributed by atoms with Crippen molar-refractivity contribution < 1.29 is 9.18 Å². The van der Waals surface area contributed by atoms with Crippen molar-refractivity contribution in [1.29, 1.82) is 5.41 Å². The number of fused-ring (bicyclic) bond motifs is 1. The molecule has 0 atom stereocenters. The van der Waals surface area contributed by atoms with E-state index in [9.17, 15) is 9.18 Å². The van der Waals surface area contributed by atoms with Gasteiger partial charge >= 0.3 is 0 Å². The quantitative estimate of drug-likeness (QED) is 0.372. The number of aryl methyl sites for hydroxylation is 1. The van der Waals surface area contributed by atoms with Gasteiger partial charge in [0.1, 0.15) is 10.9 Å². The number of carbonyl (C=O) groups is 1. The van der Waals surface area contributed by atoms with Crippen LogP contribution in [0.2, 0.25) is 0 Å². The Hall–Kier alpha value is -3.00. The Labute approximate surface area is 197 Å². The zero-order valence-electron chi connectivity index (χ0n) is 19.2. The standard InChI is InChI=1S/C25H28FN5OS/c1-4-5-6-7-8-9-22-29-31-23(27)21(24(32)28-25(31)33-22)15-18-14-16(2)30(17(18)3)20-12-10-19(26)11-13-20/h10-15,27H,4-9H2,1-3H3. The summed E-state index contributed by atoms with van der Waals surface area (Å²) in [7, 11) is 0. The van der Waals surface area contributed by atoms with E-state index in [4.69, 9.17) is 5.41 Å². The molecule has 0 unspecified atom stereocenters. The van der Waals surface area contributed by atoms with E-state index in [1.165, 1.54) is 48.2 Å². The van der Waals surface area contributed by atoms with Gasteiger partial charge in [-0.05, 0) is 80.4 Å². The first-order valence-corrected chi connectivity index (χ1v) is 12.1. The molecule has 172 valence electrons. The smallest absolute Gasteiger partial charge is 0.283 e. The minimum atomic E-state index is -0.426. The third kappa shape index (κ3) is 4.85. The molecule has 2 aromatic rings. The van der Waals surface area contributed by atoms with Gasteiger partial charge in [0.25, 0.3) is 5.91 Å². The van der Waals surface area contributed by atoms with E-state index in [-0.39, 0.29) is 17.2 Å². The minimum absolute atomic E-state index is 0.0464. The molecule has 0 saturated carbocycles. The number of hydrazone groups is 1. The van der Waals surface area contributed by atoms with Crippen molar-refractivity contribution in [2.24, 2.45) is 10.1 Å². The summed E-state index contributed by atoms with van der Waals surface area (Å²) in [5.41, 5.74) is 3.71. The summed E-state index contributed by atoms with van der Waals surface area (Å²) in [5.74, 6) is -0.669. The summed E-state index contributed by atoms with van der Waals surface area (Å²) in [4.78, 5) is 17.0. The highest BCUT2D eigenvalue weighted by atomic mass is 32.2. The molecule has 0 spiro atoms. The third-order valence-corrected chi connectivity index (χ3v) is 6.81. The Bertz CT molecular complexity index is 1180. The summed E-state index contributed by atoms with van der Waals surface area (Å²) in [6, 6.07) is 8.24. The third-order valence-electron chi connectivity index (χ3n) is 5.85. The number of amides is 1. The molecular weight excluding hydrogens is 437 g/mol. The number of aromatic nitrogens is 1. The van der Waals surface area contributed by atoms with Gasteiger partial charge in [-0.1, -0.05) is 32.6 Å². The molecule has 1 amide bonds. The molecule has 1 aromatic carbocycles. The lowest BCUT2D eigenvalue weighted by atomic mass is 10.1. The van der Waals surface area contributed by atoms with Crippen LogP contribution >= 0.6 is 11.8 Å². The SMILES string of the molecule is CCCCCCCC1=NN2C(=N)C(=Cc3cc(C)n(-c4ccc(F)cc4)c3C)C(=O)N=C2S1. The summed E-state index contributed by atoms with van der Waals surface area (Å²) >= 11 is 1.38. The fourth-order valence-corrected chi connectivity index (χ4v) is 5.02. The molecule has 0 saturated heterocycles. The molecule has 2 aliphatic heterocycles. The van der Waals surface area contributed by atoms with Crippen molar-refractivity contribution in [3.8, 4) is 5.69 Å². The fraction of sp³-hybridized carbons (Fsp3) is 0.360. The van der Waals surface area contributed by atoms with E-state index >= 15 is 0 Å². The molecule has 1 N–H and O–H groups in total. The van der Waals surface area contributed by atoms with E-state index in [0.29, 0.717) is 5.17 Å². The van der Waals surface area contributed by atoms with Crippen LogP contribution in [0.15, 0.2) is 46.0 Å². The first kappa shape index (κ1) is 23.2.